The minimum atomic E-state index is -0.0540. The second-order valence-electron chi connectivity index (χ2n) is 5.64. The van der Waals surface area contributed by atoms with Crippen LogP contribution in [-0.4, -0.2) is 50.2 Å². The van der Waals surface area contributed by atoms with Crippen molar-refractivity contribution in [2.24, 2.45) is 5.41 Å². The minimum Gasteiger partial charge on any atom is -0.373 e. The molecule has 4 heteroatoms. The van der Waals surface area contributed by atoms with Gasteiger partial charge in [0.05, 0.1) is 12.7 Å². The van der Waals surface area contributed by atoms with Crippen LogP contribution in [0.5, 0.6) is 0 Å². The maximum atomic E-state index is 12.8. The van der Waals surface area contributed by atoms with Crippen LogP contribution in [0.1, 0.15) is 39.0 Å². The molecule has 0 aromatic carbocycles. The lowest BCUT2D eigenvalue weighted by molar-refractivity contribution is -0.149. The fourth-order valence-corrected chi connectivity index (χ4v) is 3.36. The summed E-state index contributed by atoms with van der Waals surface area (Å²) >= 11 is 0. The molecule has 0 aromatic rings. The van der Waals surface area contributed by atoms with E-state index in [0.29, 0.717) is 12.5 Å². The van der Waals surface area contributed by atoms with Crippen LogP contribution in [0.15, 0.2) is 0 Å². The molecule has 2 fully saturated rings. The molecule has 2 aliphatic rings. The topological polar surface area (TPSA) is 41.6 Å². The maximum absolute atomic E-state index is 12.8. The molecular weight excluding hydrogens is 228 g/mol. The summed E-state index contributed by atoms with van der Waals surface area (Å²) in [6.45, 7) is 5.18. The third-order valence-electron chi connectivity index (χ3n) is 4.55. The number of morpholine rings is 1. The van der Waals surface area contributed by atoms with Crippen LogP contribution in [-0.2, 0) is 9.53 Å². The summed E-state index contributed by atoms with van der Waals surface area (Å²) in [5.41, 5.74) is -0.0540. The zero-order chi connectivity index (χ0) is 13.0. The van der Waals surface area contributed by atoms with Crippen LogP contribution in [0, 0.1) is 5.41 Å². The van der Waals surface area contributed by atoms with Gasteiger partial charge >= 0.3 is 0 Å². The summed E-state index contributed by atoms with van der Waals surface area (Å²) < 4.78 is 5.67. The van der Waals surface area contributed by atoms with Crippen LogP contribution >= 0.6 is 0 Å². The van der Waals surface area contributed by atoms with Crippen LogP contribution < -0.4 is 5.32 Å². The number of rotatable bonds is 4. The SMILES string of the molecule is CCC1(C(=O)N2CCOC(CNC)C2)CCCC1. The van der Waals surface area contributed by atoms with Crippen molar-refractivity contribution in [1.29, 1.82) is 0 Å². The van der Waals surface area contributed by atoms with Gasteiger partial charge in [0.15, 0.2) is 0 Å². The smallest absolute Gasteiger partial charge is 0.228 e. The van der Waals surface area contributed by atoms with Gasteiger partial charge in [0.25, 0.3) is 0 Å². The number of hydrogen-bond acceptors (Lipinski definition) is 3. The van der Waals surface area contributed by atoms with Gasteiger partial charge in [-0.2, -0.15) is 0 Å². The molecule has 0 aromatic heterocycles. The Morgan fingerprint density at radius 1 is 1.44 bits per heavy atom. The van der Waals surface area contributed by atoms with Crippen molar-refractivity contribution in [2.75, 3.05) is 33.3 Å². The molecule has 1 aliphatic heterocycles. The normalized spacial score (nSPS) is 27.4. The number of nitrogens with zero attached hydrogens (tertiary/aromatic N) is 1. The first-order valence-corrected chi connectivity index (χ1v) is 7.27. The second-order valence-corrected chi connectivity index (χ2v) is 5.64. The second kappa shape index (κ2) is 6.02. The highest BCUT2D eigenvalue weighted by atomic mass is 16.5. The summed E-state index contributed by atoms with van der Waals surface area (Å²) in [5.74, 6) is 0.381. The minimum absolute atomic E-state index is 0.0540. The lowest BCUT2D eigenvalue weighted by Gasteiger charge is -2.38. The highest BCUT2D eigenvalue weighted by Gasteiger charge is 2.42. The summed E-state index contributed by atoms with van der Waals surface area (Å²) in [6.07, 6.45) is 5.73. The quantitative estimate of drug-likeness (QED) is 0.824. The van der Waals surface area contributed by atoms with Gasteiger partial charge in [-0.25, -0.2) is 0 Å². The molecule has 1 unspecified atom stereocenters. The zero-order valence-corrected chi connectivity index (χ0v) is 11.7. The van der Waals surface area contributed by atoms with E-state index in [0.717, 1.165) is 38.9 Å². The fourth-order valence-electron chi connectivity index (χ4n) is 3.36. The van der Waals surface area contributed by atoms with Gasteiger partial charge in [-0.3, -0.25) is 4.79 Å². The molecule has 0 spiro atoms. The summed E-state index contributed by atoms with van der Waals surface area (Å²) in [5, 5.41) is 3.13. The van der Waals surface area contributed by atoms with Gasteiger partial charge < -0.3 is 15.0 Å². The van der Waals surface area contributed by atoms with Crippen LogP contribution in [0.4, 0.5) is 0 Å². The predicted octanol–water partition coefficient (Wildman–Crippen LogP) is 1.40. The Morgan fingerprint density at radius 2 is 2.17 bits per heavy atom. The Morgan fingerprint density at radius 3 is 2.78 bits per heavy atom. The van der Waals surface area contributed by atoms with Crippen molar-refractivity contribution in [1.82, 2.24) is 10.2 Å². The Hall–Kier alpha value is -0.610. The Bertz CT molecular complexity index is 286. The van der Waals surface area contributed by atoms with E-state index in [2.05, 4.69) is 12.2 Å². The van der Waals surface area contributed by atoms with Crippen molar-refractivity contribution in [2.45, 2.75) is 45.1 Å². The van der Waals surface area contributed by atoms with E-state index in [1.807, 2.05) is 11.9 Å². The van der Waals surface area contributed by atoms with Gasteiger partial charge in [-0.1, -0.05) is 19.8 Å². The van der Waals surface area contributed by atoms with Crippen molar-refractivity contribution < 1.29 is 9.53 Å². The van der Waals surface area contributed by atoms with E-state index in [9.17, 15) is 4.79 Å². The van der Waals surface area contributed by atoms with Crippen molar-refractivity contribution >= 4 is 5.91 Å². The first-order valence-electron chi connectivity index (χ1n) is 7.27. The molecule has 0 radical (unpaired) electrons. The van der Waals surface area contributed by atoms with Crippen molar-refractivity contribution in [3.05, 3.63) is 0 Å². The molecule has 2 rings (SSSR count). The zero-order valence-electron chi connectivity index (χ0n) is 11.7. The summed E-state index contributed by atoms with van der Waals surface area (Å²) in [6, 6.07) is 0. The molecule has 104 valence electrons. The number of carbonyl (C=O) groups excluding carboxylic acids is 1. The third-order valence-corrected chi connectivity index (χ3v) is 4.55. The van der Waals surface area contributed by atoms with E-state index in [-0.39, 0.29) is 11.5 Å². The average Bonchev–Trinajstić information content (AvgIpc) is 2.88. The van der Waals surface area contributed by atoms with Gasteiger partial charge in [0.2, 0.25) is 5.91 Å². The molecule has 4 nitrogen and oxygen atoms in total. The van der Waals surface area contributed by atoms with Gasteiger partial charge in [-0.15, -0.1) is 0 Å². The number of carbonyl (C=O) groups is 1. The molecular formula is C14H26N2O2. The Kier molecular flexibility index (Phi) is 4.62. The summed E-state index contributed by atoms with van der Waals surface area (Å²) in [4.78, 5) is 14.8. The lowest BCUT2D eigenvalue weighted by Crippen LogP contribution is -2.52. The lowest BCUT2D eigenvalue weighted by atomic mass is 9.81. The largest absolute Gasteiger partial charge is 0.373 e. The van der Waals surface area contributed by atoms with E-state index in [1.54, 1.807) is 0 Å². The number of ether oxygens (including phenoxy) is 1. The van der Waals surface area contributed by atoms with E-state index in [4.69, 9.17) is 4.74 Å². The Labute approximate surface area is 110 Å². The molecule has 1 N–H and O–H groups in total. The highest BCUT2D eigenvalue weighted by Crippen LogP contribution is 2.42. The molecule has 1 heterocycles. The standard InChI is InChI=1S/C14H26N2O2/c1-3-14(6-4-5-7-14)13(17)16-8-9-18-12(11-16)10-15-2/h12,15H,3-11H2,1-2H3. The maximum Gasteiger partial charge on any atom is 0.228 e. The first-order chi connectivity index (χ1) is 8.72. The first kappa shape index (κ1) is 13.8. The van der Waals surface area contributed by atoms with Crippen molar-refractivity contribution in [3.63, 3.8) is 0 Å². The van der Waals surface area contributed by atoms with E-state index >= 15 is 0 Å². The molecule has 18 heavy (non-hydrogen) atoms. The third kappa shape index (κ3) is 2.69. The number of hydrogen-bond donors (Lipinski definition) is 1. The van der Waals surface area contributed by atoms with Crippen LogP contribution in [0.25, 0.3) is 0 Å². The van der Waals surface area contributed by atoms with Gasteiger partial charge in [0, 0.05) is 25.0 Å². The monoisotopic (exact) mass is 254 g/mol. The number of likely N-dealkylation sites (N-methyl/N-ethyl adjacent to an activating group) is 1. The highest BCUT2D eigenvalue weighted by molar-refractivity contribution is 5.83. The van der Waals surface area contributed by atoms with Crippen LogP contribution in [0.3, 0.4) is 0 Å². The molecule has 1 saturated heterocycles. The molecule has 1 atom stereocenters. The van der Waals surface area contributed by atoms with Gasteiger partial charge in [-0.05, 0) is 26.3 Å². The van der Waals surface area contributed by atoms with Crippen LogP contribution in [0.2, 0.25) is 0 Å². The molecule has 0 bridgehead atoms. The van der Waals surface area contributed by atoms with Crippen molar-refractivity contribution in [3.8, 4) is 0 Å². The molecule has 1 saturated carbocycles. The number of amides is 1. The fraction of sp³-hybridized carbons (Fsp3) is 0.929. The van der Waals surface area contributed by atoms with Gasteiger partial charge in [0.1, 0.15) is 0 Å². The predicted molar refractivity (Wildman–Crippen MR) is 71.4 cm³/mol. The summed E-state index contributed by atoms with van der Waals surface area (Å²) in [7, 11) is 1.93. The molecule has 1 aliphatic carbocycles. The molecule has 1 amide bonds. The number of nitrogens with one attached hydrogen (secondary N) is 1. The van der Waals surface area contributed by atoms with E-state index < -0.39 is 0 Å². The Balaban J connectivity index is 1.99. The van der Waals surface area contributed by atoms with E-state index in [1.165, 1.54) is 12.8 Å². The average molecular weight is 254 g/mol.